The maximum Gasteiger partial charge on any atom is 0.241 e. The van der Waals surface area contributed by atoms with E-state index in [1.807, 2.05) is 49.4 Å². The van der Waals surface area contributed by atoms with Gasteiger partial charge in [-0.2, -0.15) is 5.10 Å². The average molecular weight is 388 g/mol. The van der Waals surface area contributed by atoms with E-state index in [2.05, 4.69) is 34.9 Å². The Labute approximate surface area is 169 Å². The van der Waals surface area contributed by atoms with E-state index < -0.39 is 0 Å². The molecule has 1 heterocycles. The molecule has 0 spiro atoms. The molecule has 0 saturated carbocycles. The lowest BCUT2D eigenvalue weighted by molar-refractivity contribution is -0.122. The van der Waals surface area contributed by atoms with Crippen molar-refractivity contribution in [3.63, 3.8) is 0 Å². The molecule has 4 aromatic rings. The van der Waals surface area contributed by atoms with Gasteiger partial charge in [0.15, 0.2) is 0 Å². The first kappa shape index (κ1) is 19.0. The van der Waals surface area contributed by atoms with Gasteiger partial charge >= 0.3 is 0 Å². The molecule has 0 fully saturated rings. The summed E-state index contributed by atoms with van der Waals surface area (Å²) >= 11 is 0. The molecule has 0 saturated heterocycles. The van der Waals surface area contributed by atoms with Crippen LogP contribution in [0.1, 0.15) is 6.92 Å². The van der Waals surface area contributed by atoms with Crippen molar-refractivity contribution in [3.8, 4) is 0 Å². The summed E-state index contributed by atoms with van der Waals surface area (Å²) in [6.07, 6.45) is 0. The van der Waals surface area contributed by atoms with Crippen molar-refractivity contribution < 1.29 is 9.53 Å². The average Bonchev–Trinajstić information content (AvgIpc) is 3.09. The molecule has 3 aromatic carbocycles. The molecule has 6 nitrogen and oxygen atoms in total. The molecular formula is C23H24N4O2. The van der Waals surface area contributed by atoms with Gasteiger partial charge in [-0.05, 0) is 30.5 Å². The van der Waals surface area contributed by atoms with Gasteiger partial charge in [0.1, 0.15) is 17.9 Å². The van der Waals surface area contributed by atoms with Crippen molar-refractivity contribution in [1.29, 1.82) is 0 Å². The molecule has 0 aliphatic carbocycles. The second-order valence-corrected chi connectivity index (χ2v) is 6.73. The second-order valence-electron chi connectivity index (χ2n) is 6.73. The Hall–Kier alpha value is -3.38. The molecule has 2 N–H and O–H groups in total. The highest BCUT2D eigenvalue weighted by Gasteiger charge is 2.16. The summed E-state index contributed by atoms with van der Waals surface area (Å²) in [6, 6.07) is 22.2. The Morgan fingerprint density at radius 2 is 1.79 bits per heavy atom. The third-order valence-electron chi connectivity index (χ3n) is 4.74. The number of nitrogens with one attached hydrogen (secondary N) is 2. The molecule has 0 unspecified atom stereocenters. The normalized spacial score (nSPS) is 11.1. The monoisotopic (exact) mass is 388 g/mol. The van der Waals surface area contributed by atoms with E-state index in [1.165, 1.54) is 0 Å². The third-order valence-corrected chi connectivity index (χ3v) is 4.74. The number of aromatic nitrogens is 2. The minimum absolute atomic E-state index is 0.0991. The number of ether oxygens (including phenoxy) is 1. The molecule has 4 rings (SSSR count). The molecule has 0 aliphatic heterocycles. The first-order valence-electron chi connectivity index (χ1n) is 9.81. The number of amides is 1. The van der Waals surface area contributed by atoms with Gasteiger partial charge in [-0.3, -0.25) is 4.79 Å². The van der Waals surface area contributed by atoms with E-state index >= 15 is 0 Å². The Morgan fingerprint density at radius 1 is 1.00 bits per heavy atom. The number of anilines is 2. The van der Waals surface area contributed by atoms with Crippen LogP contribution in [0.4, 0.5) is 11.5 Å². The van der Waals surface area contributed by atoms with Gasteiger partial charge in [-0.15, -0.1) is 0 Å². The summed E-state index contributed by atoms with van der Waals surface area (Å²) in [7, 11) is 0. The topological polar surface area (TPSA) is 68.2 Å². The van der Waals surface area contributed by atoms with E-state index in [0.717, 1.165) is 33.2 Å². The van der Waals surface area contributed by atoms with E-state index in [0.29, 0.717) is 19.8 Å². The van der Waals surface area contributed by atoms with Crippen molar-refractivity contribution >= 4 is 39.1 Å². The number of carbonyl (C=O) groups excluding carboxylic acids is 1. The third kappa shape index (κ3) is 4.22. The van der Waals surface area contributed by atoms with Gasteiger partial charge in [0.2, 0.25) is 5.91 Å². The standard InChI is InChI=1S/C23H24N4O2/c1-2-29-15-14-24-21(28)16-27-23(25-18-9-4-3-5-10-18)20-13-12-17-8-6-7-11-19(17)22(20)26-27/h3-13,25H,2,14-16H2,1H3,(H,24,28). The lowest BCUT2D eigenvalue weighted by Crippen LogP contribution is -2.31. The smallest absolute Gasteiger partial charge is 0.241 e. The van der Waals surface area contributed by atoms with Crippen LogP contribution in [0.5, 0.6) is 0 Å². The van der Waals surface area contributed by atoms with Crippen LogP contribution in [0.25, 0.3) is 21.7 Å². The number of carbonyl (C=O) groups is 1. The number of hydrogen-bond donors (Lipinski definition) is 2. The predicted octanol–water partition coefficient (Wildman–Crippen LogP) is 4.09. The van der Waals surface area contributed by atoms with Gasteiger partial charge in [-0.1, -0.05) is 48.5 Å². The number of nitrogens with zero attached hydrogens (tertiary/aromatic N) is 2. The van der Waals surface area contributed by atoms with E-state index in [4.69, 9.17) is 9.84 Å². The first-order valence-corrected chi connectivity index (χ1v) is 9.81. The van der Waals surface area contributed by atoms with Gasteiger partial charge < -0.3 is 15.4 Å². The minimum Gasteiger partial charge on any atom is -0.380 e. The molecule has 148 valence electrons. The Balaban J connectivity index is 1.70. The van der Waals surface area contributed by atoms with Crippen LogP contribution in [0.15, 0.2) is 66.7 Å². The highest BCUT2D eigenvalue weighted by atomic mass is 16.5. The van der Waals surface area contributed by atoms with Crippen molar-refractivity contribution in [3.05, 3.63) is 66.7 Å². The van der Waals surface area contributed by atoms with Crippen LogP contribution < -0.4 is 10.6 Å². The Morgan fingerprint density at radius 3 is 2.62 bits per heavy atom. The summed E-state index contributed by atoms with van der Waals surface area (Å²) in [4.78, 5) is 12.5. The van der Waals surface area contributed by atoms with Crippen molar-refractivity contribution in [2.75, 3.05) is 25.1 Å². The lowest BCUT2D eigenvalue weighted by Gasteiger charge is -2.11. The minimum atomic E-state index is -0.0991. The molecule has 29 heavy (non-hydrogen) atoms. The zero-order valence-corrected chi connectivity index (χ0v) is 16.4. The fourth-order valence-electron chi connectivity index (χ4n) is 3.37. The number of fused-ring (bicyclic) bond motifs is 3. The Kier molecular flexibility index (Phi) is 5.72. The fraction of sp³-hybridized carbons (Fsp3) is 0.217. The summed E-state index contributed by atoms with van der Waals surface area (Å²) < 4.78 is 7.02. The molecular weight excluding hydrogens is 364 g/mol. The van der Waals surface area contributed by atoms with E-state index in [1.54, 1.807) is 4.68 Å². The van der Waals surface area contributed by atoms with Crippen LogP contribution in [-0.4, -0.2) is 35.4 Å². The van der Waals surface area contributed by atoms with Crippen LogP contribution in [0.3, 0.4) is 0 Å². The zero-order chi connectivity index (χ0) is 20.1. The van der Waals surface area contributed by atoms with E-state index in [9.17, 15) is 4.79 Å². The van der Waals surface area contributed by atoms with Crippen LogP contribution >= 0.6 is 0 Å². The molecule has 0 bridgehead atoms. The zero-order valence-electron chi connectivity index (χ0n) is 16.4. The summed E-state index contributed by atoms with van der Waals surface area (Å²) in [5.41, 5.74) is 1.82. The van der Waals surface area contributed by atoms with Gasteiger partial charge in [0.25, 0.3) is 0 Å². The molecule has 6 heteroatoms. The quantitative estimate of drug-likeness (QED) is 0.446. The maximum atomic E-state index is 12.5. The van der Waals surface area contributed by atoms with Crippen LogP contribution in [0.2, 0.25) is 0 Å². The molecule has 1 aromatic heterocycles. The number of benzene rings is 3. The highest BCUT2D eigenvalue weighted by Crippen LogP contribution is 2.31. The van der Waals surface area contributed by atoms with E-state index in [-0.39, 0.29) is 12.5 Å². The SMILES string of the molecule is CCOCCNC(=O)Cn1nc2c(ccc3ccccc32)c1Nc1ccccc1. The van der Waals surface area contributed by atoms with Gasteiger partial charge in [0.05, 0.1) is 6.61 Å². The summed E-state index contributed by atoms with van der Waals surface area (Å²) in [6.45, 7) is 3.69. The molecule has 0 aliphatic rings. The Bertz CT molecular complexity index is 1120. The van der Waals surface area contributed by atoms with Crippen LogP contribution in [0, 0.1) is 0 Å². The molecule has 0 atom stereocenters. The van der Waals surface area contributed by atoms with Crippen LogP contribution in [-0.2, 0) is 16.1 Å². The van der Waals surface area contributed by atoms with Crippen molar-refractivity contribution in [2.24, 2.45) is 0 Å². The van der Waals surface area contributed by atoms with Gasteiger partial charge in [0, 0.05) is 29.6 Å². The molecule has 0 radical (unpaired) electrons. The molecule has 1 amide bonds. The number of hydrogen-bond acceptors (Lipinski definition) is 4. The number of rotatable bonds is 8. The van der Waals surface area contributed by atoms with Crippen molar-refractivity contribution in [1.82, 2.24) is 15.1 Å². The van der Waals surface area contributed by atoms with Crippen molar-refractivity contribution in [2.45, 2.75) is 13.5 Å². The largest absolute Gasteiger partial charge is 0.380 e. The highest BCUT2D eigenvalue weighted by molar-refractivity contribution is 6.09. The maximum absolute atomic E-state index is 12.5. The lowest BCUT2D eigenvalue weighted by atomic mass is 10.1. The first-order chi connectivity index (χ1) is 14.3. The fourth-order valence-corrected chi connectivity index (χ4v) is 3.37. The predicted molar refractivity (Wildman–Crippen MR) is 116 cm³/mol. The number of para-hydroxylation sites is 1. The second kappa shape index (κ2) is 8.75. The summed E-state index contributed by atoms with van der Waals surface area (Å²) in [5, 5.41) is 14.3. The van der Waals surface area contributed by atoms with Gasteiger partial charge in [-0.25, -0.2) is 4.68 Å². The summed E-state index contributed by atoms with van der Waals surface area (Å²) in [5.74, 6) is 0.704.